The number of hydrogen-bond acceptors (Lipinski definition) is 3. The molecule has 2 N–H and O–H groups in total. The molecule has 0 unspecified atom stereocenters. The van der Waals surface area contributed by atoms with E-state index >= 15 is 0 Å². The summed E-state index contributed by atoms with van der Waals surface area (Å²) in [5.41, 5.74) is -1.65. The number of hydrogen-bond donors (Lipinski definition) is 2. The van der Waals surface area contributed by atoms with Crippen molar-refractivity contribution >= 4 is 17.6 Å². The van der Waals surface area contributed by atoms with Gasteiger partial charge in [0.05, 0.1) is 0 Å². The molecule has 0 spiro atoms. The lowest BCUT2D eigenvalue weighted by atomic mass is 9.72. The number of carbonyl (C=O) groups excluding carboxylic acids is 3. The van der Waals surface area contributed by atoms with E-state index in [0.717, 1.165) is 6.92 Å². The molecule has 16 heavy (non-hydrogen) atoms. The van der Waals surface area contributed by atoms with Crippen LogP contribution in [0.3, 0.4) is 0 Å². The Hall–Kier alpha value is -1.53. The summed E-state index contributed by atoms with van der Waals surface area (Å²) in [5, 5.41) is 4.25. The molecule has 1 rings (SSSR count). The van der Waals surface area contributed by atoms with E-state index in [2.05, 4.69) is 10.6 Å². The summed E-state index contributed by atoms with van der Waals surface area (Å²) in [7, 11) is 1.28. The van der Waals surface area contributed by atoms with E-state index < -0.39 is 41.9 Å². The molecular weight excluding hydrogens is 222 g/mol. The van der Waals surface area contributed by atoms with Crippen LogP contribution in [0.5, 0.6) is 0 Å². The highest BCUT2D eigenvalue weighted by Gasteiger charge is 2.61. The Morgan fingerprint density at radius 3 is 2.00 bits per heavy atom. The van der Waals surface area contributed by atoms with Gasteiger partial charge in [0.1, 0.15) is 5.54 Å². The molecular formula is C9H12F2N2O3. The lowest BCUT2D eigenvalue weighted by Crippen LogP contribution is -2.69. The number of carbonyl (C=O) groups is 3. The maximum absolute atomic E-state index is 12.8. The molecule has 1 aliphatic carbocycles. The van der Waals surface area contributed by atoms with Crippen LogP contribution in [0.25, 0.3) is 0 Å². The fourth-order valence-corrected chi connectivity index (χ4v) is 1.68. The maximum atomic E-state index is 12.8. The van der Waals surface area contributed by atoms with E-state index in [1.165, 1.54) is 7.05 Å². The van der Waals surface area contributed by atoms with Crippen LogP contribution in [0.2, 0.25) is 0 Å². The summed E-state index contributed by atoms with van der Waals surface area (Å²) < 4.78 is 25.5. The normalized spacial score (nSPS) is 20.5. The second-order valence-corrected chi connectivity index (χ2v) is 3.88. The number of likely N-dealkylation sites (N-methyl/N-ethyl adjacent to an activating group) is 1. The Morgan fingerprint density at radius 1 is 1.19 bits per heavy atom. The van der Waals surface area contributed by atoms with Gasteiger partial charge in [0, 0.05) is 26.8 Å². The highest BCUT2D eigenvalue weighted by Crippen LogP contribution is 2.45. The fourth-order valence-electron chi connectivity index (χ4n) is 1.68. The van der Waals surface area contributed by atoms with Crippen molar-refractivity contribution < 1.29 is 23.2 Å². The Kier molecular flexibility index (Phi) is 2.98. The van der Waals surface area contributed by atoms with Gasteiger partial charge in [-0.15, -0.1) is 0 Å². The summed E-state index contributed by atoms with van der Waals surface area (Å²) >= 11 is 0. The zero-order chi connectivity index (χ0) is 12.6. The molecule has 0 bridgehead atoms. The molecule has 7 heteroatoms. The molecule has 5 nitrogen and oxygen atoms in total. The van der Waals surface area contributed by atoms with Gasteiger partial charge in [-0.1, -0.05) is 0 Å². The first-order chi connectivity index (χ1) is 7.22. The molecule has 0 aromatic rings. The summed E-state index contributed by atoms with van der Waals surface area (Å²) in [6.45, 7) is 1.00. The van der Waals surface area contributed by atoms with E-state index in [1.54, 1.807) is 0 Å². The van der Waals surface area contributed by atoms with Crippen LogP contribution in [-0.2, 0) is 14.4 Å². The first-order valence-corrected chi connectivity index (χ1v) is 4.65. The van der Waals surface area contributed by atoms with E-state index in [9.17, 15) is 23.2 Å². The van der Waals surface area contributed by atoms with Gasteiger partial charge in [-0.2, -0.15) is 0 Å². The van der Waals surface area contributed by atoms with Gasteiger partial charge in [-0.05, 0) is 0 Å². The maximum Gasteiger partial charge on any atom is 0.287 e. The summed E-state index contributed by atoms with van der Waals surface area (Å²) in [6.07, 6.45) is -1.56. The third-order valence-electron chi connectivity index (χ3n) is 2.46. The van der Waals surface area contributed by atoms with Crippen molar-refractivity contribution in [2.24, 2.45) is 0 Å². The van der Waals surface area contributed by atoms with Gasteiger partial charge < -0.3 is 10.6 Å². The van der Waals surface area contributed by atoms with Crippen LogP contribution >= 0.6 is 0 Å². The predicted octanol–water partition coefficient (Wildman–Crippen LogP) is -0.395. The Labute approximate surface area is 90.6 Å². The monoisotopic (exact) mass is 234 g/mol. The Balaban J connectivity index is 2.80. The molecule has 1 saturated carbocycles. The van der Waals surface area contributed by atoms with Crippen LogP contribution in [0.4, 0.5) is 8.78 Å². The third kappa shape index (κ3) is 2.17. The molecule has 90 valence electrons. The minimum atomic E-state index is -2.98. The van der Waals surface area contributed by atoms with E-state index in [-0.39, 0.29) is 0 Å². The minimum absolute atomic E-state index is 0.715. The third-order valence-corrected chi connectivity index (χ3v) is 2.46. The molecule has 0 aliphatic heterocycles. The van der Waals surface area contributed by atoms with Crippen LogP contribution in [0.15, 0.2) is 0 Å². The van der Waals surface area contributed by atoms with Gasteiger partial charge in [0.25, 0.3) is 11.8 Å². The molecule has 1 fully saturated rings. The van der Waals surface area contributed by atoms with Crippen molar-refractivity contribution in [1.29, 1.82) is 0 Å². The molecule has 0 aromatic heterocycles. The lowest BCUT2D eigenvalue weighted by Gasteiger charge is -2.45. The summed E-state index contributed by atoms with van der Waals surface area (Å²) in [6, 6.07) is 0. The average Bonchev–Trinajstić information content (AvgIpc) is 2.12. The quantitative estimate of drug-likeness (QED) is 0.653. The van der Waals surface area contributed by atoms with Crippen LogP contribution in [0, 0.1) is 0 Å². The standard InChI is InChI=1S/C9H12F2N2O3/c1-5(14)6(15)13-8(7(16)12-2)3-9(10,11)4-8/h3-4H2,1-2H3,(H,12,16)(H,13,15). The van der Waals surface area contributed by atoms with Gasteiger partial charge in [0.15, 0.2) is 0 Å². The van der Waals surface area contributed by atoms with Crippen LogP contribution in [0.1, 0.15) is 19.8 Å². The molecule has 0 saturated heterocycles. The van der Waals surface area contributed by atoms with Crippen molar-refractivity contribution in [3.8, 4) is 0 Å². The Bertz CT molecular complexity index is 347. The van der Waals surface area contributed by atoms with Gasteiger partial charge in [-0.25, -0.2) is 8.78 Å². The smallest absolute Gasteiger partial charge is 0.287 e. The molecule has 0 aromatic carbocycles. The molecule has 0 heterocycles. The SMILES string of the molecule is CNC(=O)C1(NC(=O)C(C)=O)CC(F)(F)C1. The lowest BCUT2D eigenvalue weighted by molar-refractivity contribution is -0.166. The van der Waals surface area contributed by atoms with Crippen molar-refractivity contribution in [3.63, 3.8) is 0 Å². The molecule has 1 aliphatic rings. The van der Waals surface area contributed by atoms with Crippen molar-refractivity contribution in [2.45, 2.75) is 31.2 Å². The number of nitrogens with one attached hydrogen (secondary N) is 2. The predicted molar refractivity (Wildman–Crippen MR) is 49.8 cm³/mol. The van der Waals surface area contributed by atoms with E-state index in [1.807, 2.05) is 0 Å². The first-order valence-electron chi connectivity index (χ1n) is 4.65. The topological polar surface area (TPSA) is 75.3 Å². The Morgan fingerprint density at radius 2 is 1.69 bits per heavy atom. The highest BCUT2D eigenvalue weighted by molar-refractivity contribution is 6.35. The minimum Gasteiger partial charge on any atom is -0.357 e. The van der Waals surface area contributed by atoms with Gasteiger partial charge in [-0.3, -0.25) is 14.4 Å². The summed E-state index contributed by atoms with van der Waals surface area (Å²) in [4.78, 5) is 33.2. The van der Waals surface area contributed by atoms with Crippen molar-refractivity contribution in [1.82, 2.24) is 10.6 Å². The first kappa shape index (κ1) is 12.5. The van der Waals surface area contributed by atoms with E-state index in [4.69, 9.17) is 0 Å². The second-order valence-electron chi connectivity index (χ2n) is 3.88. The van der Waals surface area contributed by atoms with Crippen molar-refractivity contribution in [2.75, 3.05) is 7.05 Å². The van der Waals surface area contributed by atoms with Crippen LogP contribution < -0.4 is 10.6 Å². The fraction of sp³-hybridized carbons (Fsp3) is 0.667. The number of halogens is 2. The highest BCUT2D eigenvalue weighted by atomic mass is 19.3. The zero-order valence-electron chi connectivity index (χ0n) is 8.89. The average molecular weight is 234 g/mol. The van der Waals surface area contributed by atoms with Gasteiger partial charge >= 0.3 is 0 Å². The molecule has 0 radical (unpaired) electrons. The van der Waals surface area contributed by atoms with Crippen LogP contribution in [-0.4, -0.2) is 36.1 Å². The number of Topliss-reactive ketones (excluding diaryl/α,β-unsaturated/α-hetero) is 1. The van der Waals surface area contributed by atoms with Gasteiger partial charge in [0.2, 0.25) is 11.7 Å². The number of alkyl halides is 2. The zero-order valence-corrected chi connectivity index (χ0v) is 8.89. The second kappa shape index (κ2) is 3.80. The summed E-state index contributed by atoms with van der Waals surface area (Å²) in [5.74, 6) is -5.54. The van der Waals surface area contributed by atoms with E-state index in [0.29, 0.717) is 0 Å². The molecule has 0 atom stereocenters. The number of rotatable bonds is 3. The molecule has 2 amide bonds. The number of ketones is 1. The number of amides is 2. The largest absolute Gasteiger partial charge is 0.357 e. The van der Waals surface area contributed by atoms with Crippen molar-refractivity contribution in [3.05, 3.63) is 0 Å².